The maximum atomic E-state index is 11.9. The van der Waals surface area contributed by atoms with Gasteiger partial charge in [0.15, 0.2) is 0 Å². The van der Waals surface area contributed by atoms with Crippen molar-refractivity contribution in [3.8, 4) is 6.07 Å². The van der Waals surface area contributed by atoms with Crippen LogP contribution in [0.2, 0.25) is 10.0 Å². The van der Waals surface area contributed by atoms with Crippen LogP contribution in [0.25, 0.3) is 0 Å². The molecule has 0 unspecified atom stereocenters. The van der Waals surface area contributed by atoms with E-state index in [1.165, 1.54) is 17.4 Å². The Morgan fingerprint density at radius 3 is 2.61 bits per heavy atom. The largest absolute Gasteiger partial charge is 0.320 e. The molecule has 6 heteroatoms. The summed E-state index contributed by atoms with van der Waals surface area (Å²) in [5.41, 5.74) is 0.886. The summed E-state index contributed by atoms with van der Waals surface area (Å²) in [4.78, 5) is 12.3. The zero-order valence-electron chi connectivity index (χ0n) is 8.91. The van der Waals surface area contributed by atoms with Gasteiger partial charge in [-0.25, -0.2) is 0 Å². The van der Waals surface area contributed by atoms with Gasteiger partial charge in [-0.2, -0.15) is 5.26 Å². The van der Waals surface area contributed by atoms with Crippen molar-refractivity contribution >= 4 is 46.1 Å². The number of halogens is 2. The first-order valence-corrected chi connectivity index (χ1v) is 6.49. The van der Waals surface area contributed by atoms with Crippen LogP contribution in [0, 0.1) is 11.3 Å². The molecule has 0 saturated carbocycles. The first-order valence-electron chi connectivity index (χ1n) is 4.86. The molecule has 1 aromatic heterocycles. The van der Waals surface area contributed by atoms with Crippen molar-refractivity contribution < 1.29 is 4.79 Å². The smallest absolute Gasteiger partial charge is 0.267 e. The standard InChI is InChI=1S/C12H6Cl2N2OS/c13-8-3-4-18-11(8)12(17)16-10-2-1-7(6-15)5-9(10)14/h1-5H,(H,16,17). The summed E-state index contributed by atoms with van der Waals surface area (Å²) >= 11 is 13.1. The molecule has 2 rings (SSSR count). The van der Waals surface area contributed by atoms with Crippen LogP contribution in [0.3, 0.4) is 0 Å². The van der Waals surface area contributed by atoms with Gasteiger partial charge >= 0.3 is 0 Å². The van der Waals surface area contributed by atoms with E-state index in [0.29, 0.717) is 26.2 Å². The topological polar surface area (TPSA) is 52.9 Å². The van der Waals surface area contributed by atoms with E-state index in [9.17, 15) is 4.79 Å². The van der Waals surface area contributed by atoms with Gasteiger partial charge in [-0.15, -0.1) is 11.3 Å². The molecular formula is C12H6Cl2N2OS. The molecule has 3 nitrogen and oxygen atoms in total. The Balaban J connectivity index is 2.23. The van der Waals surface area contributed by atoms with Gasteiger partial charge < -0.3 is 5.32 Å². The average molecular weight is 297 g/mol. The monoisotopic (exact) mass is 296 g/mol. The normalized spacial score (nSPS) is 9.83. The maximum absolute atomic E-state index is 11.9. The second-order valence-corrected chi connectivity index (χ2v) is 5.09. The van der Waals surface area contributed by atoms with Crippen LogP contribution in [-0.2, 0) is 0 Å². The molecule has 0 saturated heterocycles. The minimum atomic E-state index is -0.318. The van der Waals surface area contributed by atoms with E-state index in [-0.39, 0.29) is 5.91 Å². The van der Waals surface area contributed by atoms with E-state index in [1.54, 1.807) is 23.6 Å². The van der Waals surface area contributed by atoms with Gasteiger partial charge in [0.25, 0.3) is 5.91 Å². The van der Waals surface area contributed by atoms with Gasteiger partial charge in [0.2, 0.25) is 0 Å². The highest BCUT2D eigenvalue weighted by molar-refractivity contribution is 7.12. The number of nitrogens with zero attached hydrogens (tertiary/aromatic N) is 1. The Kier molecular flexibility index (Phi) is 3.87. The molecule has 90 valence electrons. The lowest BCUT2D eigenvalue weighted by Crippen LogP contribution is -2.11. The molecule has 0 aliphatic heterocycles. The van der Waals surface area contributed by atoms with Gasteiger partial charge in [0.1, 0.15) is 4.88 Å². The van der Waals surface area contributed by atoms with E-state index < -0.39 is 0 Å². The lowest BCUT2D eigenvalue weighted by atomic mass is 10.2. The van der Waals surface area contributed by atoms with Crippen molar-refractivity contribution in [3.05, 3.63) is 50.1 Å². The van der Waals surface area contributed by atoms with E-state index in [4.69, 9.17) is 28.5 Å². The van der Waals surface area contributed by atoms with Gasteiger partial charge in [0, 0.05) is 0 Å². The number of rotatable bonds is 2. The van der Waals surface area contributed by atoms with Crippen LogP contribution in [0.1, 0.15) is 15.2 Å². The van der Waals surface area contributed by atoms with Gasteiger partial charge in [-0.3, -0.25) is 4.79 Å². The molecule has 0 aliphatic carbocycles. The summed E-state index contributed by atoms with van der Waals surface area (Å²) in [7, 11) is 0. The lowest BCUT2D eigenvalue weighted by Gasteiger charge is -2.06. The molecule has 1 amide bonds. The highest BCUT2D eigenvalue weighted by atomic mass is 35.5. The number of nitrogens with one attached hydrogen (secondary N) is 1. The number of benzene rings is 1. The van der Waals surface area contributed by atoms with Gasteiger partial charge in [-0.05, 0) is 29.6 Å². The van der Waals surface area contributed by atoms with Crippen molar-refractivity contribution in [2.45, 2.75) is 0 Å². The lowest BCUT2D eigenvalue weighted by molar-refractivity contribution is 0.103. The van der Waals surface area contributed by atoms with Crippen LogP contribution < -0.4 is 5.32 Å². The van der Waals surface area contributed by atoms with E-state index in [2.05, 4.69) is 5.32 Å². The Bertz CT molecular complexity index is 646. The van der Waals surface area contributed by atoms with Crippen molar-refractivity contribution in [1.29, 1.82) is 5.26 Å². The zero-order valence-corrected chi connectivity index (χ0v) is 11.2. The minimum absolute atomic E-state index is 0.315. The maximum Gasteiger partial charge on any atom is 0.267 e. The van der Waals surface area contributed by atoms with Gasteiger partial charge in [0.05, 0.1) is 27.4 Å². The highest BCUT2D eigenvalue weighted by Crippen LogP contribution is 2.26. The molecule has 1 heterocycles. The second kappa shape index (κ2) is 5.40. The fourth-order valence-corrected chi connectivity index (χ4v) is 2.58. The number of hydrogen-bond acceptors (Lipinski definition) is 3. The van der Waals surface area contributed by atoms with Crippen LogP contribution in [-0.4, -0.2) is 5.91 Å². The Morgan fingerprint density at radius 2 is 2.06 bits per heavy atom. The molecule has 1 N–H and O–H groups in total. The molecular weight excluding hydrogens is 291 g/mol. The van der Waals surface area contributed by atoms with Gasteiger partial charge in [-0.1, -0.05) is 23.2 Å². The molecule has 0 atom stereocenters. The van der Waals surface area contributed by atoms with Crippen LogP contribution in [0.4, 0.5) is 5.69 Å². The number of thiophene rings is 1. The van der Waals surface area contributed by atoms with E-state index in [1.807, 2.05) is 6.07 Å². The van der Waals surface area contributed by atoms with Crippen molar-refractivity contribution in [1.82, 2.24) is 0 Å². The highest BCUT2D eigenvalue weighted by Gasteiger charge is 2.13. The van der Waals surface area contributed by atoms with Crippen LogP contribution in [0.15, 0.2) is 29.6 Å². The summed E-state index contributed by atoms with van der Waals surface area (Å²) in [6.45, 7) is 0. The molecule has 1 aromatic carbocycles. The molecule has 0 radical (unpaired) electrons. The molecule has 18 heavy (non-hydrogen) atoms. The summed E-state index contributed by atoms with van der Waals surface area (Å²) in [5.74, 6) is -0.318. The molecule has 0 bridgehead atoms. The van der Waals surface area contributed by atoms with Crippen molar-refractivity contribution in [2.24, 2.45) is 0 Å². The minimum Gasteiger partial charge on any atom is -0.320 e. The Labute approximate surface area is 118 Å². The zero-order chi connectivity index (χ0) is 13.1. The number of carbonyl (C=O) groups excluding carboxylic acids is 1. The number of carbonyl (C=O) groups is 1. The summed E-state index contributed by atoms with van der Waals surface area (Å²) < 4.78 is 0. The van der Waals surface area contributed by atoms with Crippen LogP contribution >= 0.6 is 34.5 Å². The molecule has 2 aromatic rings. The third-order valence-electron chi connectivity index (χ3n) is 2.17. The number of hydrogen-bond donors (Lipinski definition) is 1. The molecule has 0 fully saturated rings. The first kappa shape index (κ1) is 12.9. The SMILES string of the molecule is N#Cc1ccc(NC(=O)c2sccc2Cl)c(Cl)c1. The number of amides is 1. The average Bonchev–Trinajstić information content (AvgIpc) is 2.78. The third kappa shape index (κ3) is 2.65. The Hall–Kier alpha value is -1.54. The van der Waals surface area contributed by atoms with Crippen molar-refractivity contribution in [2.75, 3.05) is 5.32 Å². The van der Waals surface area contributed by atoms with E-state index in [0.717, 1.165) is 0 Å². The van der Waals surface area contributed by atoms with Crippen molar-refractivity contribution in [3.63, 3.8) is 0 Å². The molecule has 0 aliphatic rings. The Morgan fingerprint density at radius 1 is 1.28 bits per heavy atom. The van der Waals surface area contributed by atoms with E-state index >= 15 is 0 Å². The second-order valence-electron chi connectivity index (χ2n) is 3.36. The number of anilines is 1. The predicted molar refractivity (Wildman–Crippen MR) is 73.4 cm³/mol. The fraction of sp³-hybridized carbons (Fsp3) is 0. The third-order valence-corrected chi connectivity index (χ3v) is 3.82. The summed E-state index contributed by atoms with van der Waals surface area (Å²) in [6, 6.07) is 8.28. The quantitative estimate of drug-likeness (QED) is 0.904. The number of nitriles is 1. The predicted octanol–water partition coefficient (Wildman–Crippen LogP) is 4.18. The molecule has 0 spiro atoms. The van der Waals surface area contributed by atoms with Crippen LogP contribution in [0.5, 0.6) is 0 Å². The summed E-state index contributed by atoms with van der Waals surface area (Å²) in [6.07, 6.45) is 0. The fourth-order valence-electron chi connectivity index (χ4n) is 1.32. The first-order chi connectivity index (χ1) is 8.61. The summed E-state index contributed by atoms with van der Waals surface area (Å²) in [5, 5.41) is 13.8.